The van der Waals surface area contributed by atoms with Gasteiger partial charge in [0.05, 0.1) is 0 Å². The molecule has 0 aromatic heterocycles. The van der Waals surface area contributed by atoms with E-state index in [1.54, 1.807) is 0 Å². The van der Waals surface area contributed by atoms with E-state index in [0.717, 1.165) is 24.5 Å². The van der Waals surface area contributed by atoms with E-state index in [1.165, 1.54) is 38.6 Å². The average Bonchev–Trinajstić information content (AvgIpc) is 2.71. The van der Waals surface area contributed by atoms with Crippen molar-refractivity contribution in [1.82, 2.24) is 10.6 Å². The lowest BCUT2D eigenvalue weighted by molar-refractivity contribution is 0.325. The smallest absolute Gasteiger partial charge is 0.0111 e. The number of nitrogens with one attached hydrogen (secondary N) is 2. The fourth-order valence-corrected chi connectivity index (χ4v) is 3.06. The molecule has 1 saturated carbocycles. The predicted octanol–water partition coefficient (Wildman–Crippen LogP) is 1.52. The van der Waals surface area contributed by atoms with E-state index in [4.69, 9.17) is 0 Å². The molecular formula is C11H22N2. The van der Waals surface area contributed by atoms with Gasteiger partial charge in [-0.2, -0.15) is 0 Å². The highest BCUT2D eigenvalue weighted by molar-refractivity contribution is 4.92. The van der Waals surface area contributed by atoms with Gasteiger partial charge in [0.25, 0.3) is 0 Å². The molecule has 3 unspecified atom stereocenters. The van der Waals surface area contributed by atoms with Crippen molar-refractivity contribution in [2.45, 2.75) is 51.1 Å². The molecule has 2 heteroatoms. The maximum Gasteiger partial charge on any atom is 0.0111 e. The Balaban J connectivity index is 1.88. The Morgan fingerprint density at radius 1 is 1.23 bits per heavy atom. The highest BCUT2D eigenvalue weighted by Gasteiger charge is 2.34. The molecule has 2 rings (SSSR count). The van der Waals surface area contributed by atoms with Crippen LogP contribution >= 0.6 is 0 Å². The molecule has 0 aromatic rings. The van der Waals surface area contributed by atoms with Crippen LogP contribution in [0.15, 0.2) is 0 Å². The molecule has 13 heavy (non-hydrogen) atoms. The van der Waals surface area contributed by atoms with Crippen LogP contribution in [0, 0.1) is 5.92 Å². The van der Waals surface area contributed by atoms with Crippen LogP contribution in [0.2, 0.25) is 0 Å². The summed E-state index contributed by atoms with van der Waals surface area (Å²) in [6.45, 7) is 4.60. The van der Waals surface area contributed by atoms with Crippen LogP contribution in [0.5, 0.6) is 0 Å². The molecule has 1 saturated heterocycles. The van der Waals surface area contributed by atoms with Gasteiger partial charge in [-0.3, -0.25) is 0 Å². The van der Waals surface area contributed by atoms with Crippen molar-refractivity contribution in [3.63, 3.8) is 0 Å². The lowest BCUT2D eigenvalue weighted by atomic mass is 9.93. The average molecular weight is 182 g/mol. The van der Waals surface area contributed by atoms with Gasteiger partial charge in [-0.25, -0.2) is 0 Å². The van der Waals surface area contributed by atoms with Gasteiger partial charge < -0.3 is 10.6 Å². The monoisotopic (exact) mass is 182 g/mol. The molecule has 1 aliphatic carbocycles. The number of rotatable bonds is 3. The van der Waals surface area contributed by atoms with Crippen LogP contribution < -0.4 is 10.6 Å². The molecule has 0 amide bonds. The van der Waals surface area contributed by atoms with Crippen LogP contribution in [0.3, 0.4) is 0 Å². The summed E-state index contributed by atoms with van der Waals surface area (Å²) >= 11 is 0. The first-order chi connectivity index (χ1) is 6.42. The van der Waals surface area contributed by atoms with Gasteiger partial charge >= 0.3 is 0 Å². The third-order valence-electron chi connectivity index (χ3n) is 3.65. The molecule has 0 spiro atoms. The Labute approximate surface area is 81.5 Å². The molecule has 0 radical (unpaired) electrons. The molecule has 1 aliphatic heterocycles. The highest BCUT2D eigenvalue weighted by atomic mass is 15.0. The van der Waals surface area contributed by atoms with E-state index in [9.17, 15) is 0 Å². The maximum absolute atomic E-state index is 3.65. The summed E-state index contributed by atoms with van der Waals surface area (Å²) in [5.74, 6) is 0.919. The van der Waals surface area contributed by atoms with Crippen molar-refractivity contribution >= 4 is 0 Å². The van der Waals surface area contributed by atoms with E-state index < -0.39 is 0 Å². The first-order valence-electron chi connectivity index (χ1n) is 5.88. The second kappa shape index (κ2) is 4.43. The van der Waals surface area contributed by atoms with Gasteiger partial charge in [-0.15, -0.1) is 0 Å². The third kappa shape index (κ3) is 2.05. The standard InChI is InChI=1S/C11H22N2/c1-2-12-10-6-3-5-9(10)11-7-4-8-13-11/h9-13H,2-8H2,1H3. The first-order valence-corrected chi connectivity index (χ1v) is 5.88. The SMILES string of the molecule is CCNC1CCCC1C1CCCN1. The van der Waals surface area contributed by atoms with Gasteiger partial charge in [0.2, 0.25) is 0 Å². The summed E-state index contributed by atoms with van der Waals surface area (Å²) in [7, 11) is 0. The predicted molar refractivity (Wildman–Crippen MR) is 55.8 cm³/mol. The zero-order valence-corrected chi connectivity index (χ0v) is 8.68. The summed E-state index contributed by atoms with van der Waals surface area (Å²) in [4.78, 5) is 0. The Hall–Kier alpha value is -0.0800. The molecule has 2 N–H and O–H groups in total. The molecule has 3 atom stereocenters. The van der Waals surface area contributed by atoms with Crippen LogP contribution in [0.4, 0.5) is 0 Å². The third-order valence-corrected chi connectivity index (χ3v) is 3.65. The molecule has 2 aliphatic rings. The summed E-state index contributed by atoms with van der Waals surface area (Å²) < 4.78 is 0. The normalized spacial score (nSPS) is 39.9. The molecular weight excluding hydrogens is 160 g/mol. The van der Waals surface area contributed by atoms with Gasteiger partial charge in [0.1, 0.15) is 0 Å². The van der Waals surface area contributed by atoms with Crippen molar-refractivity contribution in [1.29, 1.82) is 0 Å². The van der Waals surface area contributed by atoms with E-state index in [1.807, 2.05) is 0 Å². The fraction of sp³-hybridized carbons (Fsp3) is 1.00. The van der Waals surface area contributed by atoms with E-state index >= 15 is 0 Å². The first kappa shape index (κ1) is 9.47. The minimum atomic E-state index is 0.806. The number of hydrogen-bond acceptors (Lipinski definition) is 2. The zero-order valence-electron chi connectivity index (χ0n) is 8.68. The summed E-state index contributed by atoms with van der Waals surface area (Å²) in [5, 5.41) is 7.28. The Morgan fingerprint density at radius 2 is 2.15 bits per heavy atom. The van der Waals surface area contributed by atoms with Crippen molar-refractivity contribution in [2.24, 2.45) is 5.92 Å². The zero-order chi connectivity index (χ0) is 9.10. The number of hydrogen-bond donors (Lipinski definition) is 2. The van der Waals surface area contributed by atoms with E-state index in [2.05, 4.69) is 17.6 Å². The lowest BCUT2D eigenvalue weighted by Crippen LogP contribution is -2.41. The quantitative estimate of drug-likeness (QED) is 0.691. The molecule has 76 valence electrons. The largest absolute Gasteiger partial charge is 0.314 e. The van der Waals surface area contributed by atoms with Gasteiger partial charge in [0, 0.05) is 12.1 Å². The van der Waals surface area contributed by atoms with Crippen LogP contribution in [-0.2, 0) is 0 Å². The van der Waals surface area contributed by atoms with Crippen molar-refractivity contribution in [3.8, 4) is 0 Å². The van der Waals surface area contributed by atoms with Gasteiger partial charge in [-0.05, 0) is 44.7 Å². The molecule has 0 bridgehead atoms. The van der Waals surface area contributed by atoms with Crippen molar-refractivity contribution in [2.75, 3.05) is 13.1 Å². The van der Waals surface area contributed by atoms with Crippen molar-refractivity contribution in [3.05, 3.63) is 0 Å². The highest BCUT2D eigenvalue weighted by Crippen LogP contribution is 2.31. The Bertz CT molecular complexity index is 152. The Morgan fingerprint density at radius 3 is 2.85 bits per heavy atom. The van der Waals surface area contributed by atoms with Gasteiger partial charge in [0.15, 0.2) is 0 Å². The molecule has 1 heterocycles. The molecule has 0 aromatic carbocycles. The maximum atomic E-state index is 3.65. The summed E-state index contributed by atoms with van der Waals surface area (Å²) in [6.07, 6.45) is 7.07. The topological polar surface area (TPSA) is 24.1 Å². The lowest BCUT2D eigenvalue weighted by Gasteiger charge is -2.26. The van der Waals surface area contributed by atoms with E-state index in [0.29, 0.717) is 0 Å². The minimum absolute atomic E-state index is 0.806. The van der Waals surface area contributed by atoms with Crippen LogP contribution in [-0.4, -0.2) is 25.2 Å². The fourth-order valence-electron chi connectivity index (χ4n) is 3.06. The van der Waals surface area contributed by atoms with E-state index in [-0.39, 0.29) is 0 Å². The summed E-state index contributed by atoms with van der Waals surface area (Å²) in [5.41, 5.74) is 0. The second-order valence-corrected chi connectivity index (χ2v) is 4.46. The molecule has 2 fully saturated rings. The molecule has 2 nitrogen and oxygen atoms in total. The van der Waals surface area contributed by atoms with Crippen LogP contribution in [0.25, 0.3) is 0 Å². The summed E-state index contributed by atoms with van der Waals surface area (Å²) in [6, 6.07) is 1.63. The minimum Gasteiger partial charge on any atom is -0.314 e. The van der Waals surface area contributed by atoms with Gasteiger partial charge in [-0.1, -0.05) is 13.3 Å². The Kier molecular flexibility index (Phi) is 3.23. The van der Waals surface area contributed by atoms with Crippen LogP contribution in [0.1, 0.15) is 39.0 Å². The second-order valence-electron chi connectivity index (χ2n) is 4.46. The van der Waals surface area contributed by atoms with Crippen molar-refractivity contribution < 1.29 is 0 Å².